The maximum Gasteiger partial charge on any atom is 0.337 e. The maximum absolute atomic E-state index is 13.6. The quantitative estimate of drug-likeness (QED) is 0.892. The van der Waals surface area contributed by atoms with Gasteiger partial charge in [-0.1, -0.05) is 11.6 Å². The van der Waals surface area contributed by atoms with E-state index in [2.05, 4.69) is 4.72 Å². The molecule has 0 heterocycles. The van der Waals surface area contributed by atoms with E-state index < -0.39 is 42.8 Å². The Morgan fingerprint density at radius 2 is 2.05 bits per heavy atom. The van der Waals surface area contributed by atoms with Gasteiger partial charge in [0.1, 0.15) is 5.82 Å². The van der Waals surface area contributed by atoms with Crippen molar-refractivity contribution in [2.45, 2.75) is 36.6 Å². The zero-order chi connectivity index (χ0) is 15.1. The molecule has 5 nitrogen and oxygen atoms in total. The molecule has 1 fully saturated rings. The SMILES string of the molecule is CC1(NS(=O)(=O)c2cc(F)c(Cl)c(C(=O)O)c2)CCC1. The number of carboxylic acid groups (broad SMARTS) is 1. The van der Waals surface area contributed by atoms with E-state index >= 15 is 0 Å². The molecule has 0 atom stereocenters. The monoisotopic (exact) mass is 321 g/mol. The molecule has 0 radical (unpaired) electrons. The van der Waals surface area contributed by atoms with Crippen LogP contribution in [0.5, 0.6) is 0 Å². The first-order valence-electron chi connectivity index (χ1n) is 5.91. The van der Waals surface area contributed by atoms with Crippen molar-refractivity contribution < 1.29 is 22.7 Å². The third-order valence-corrected chi connectivity index (χ3v) is 5.38. The highest BCUT2D eigenvalue weighted by atomic mass is 35.5. The van der Waals surface area contributed by atoms with Crippen LogP contribution in [0.4, 0.5) is 4.39 Å². The molecular formula is C12H13ClFNO4S. The second-order valence-corrected chi connectivity index (χ2v) is 7.15. The minimum atomic E-state index is -3.99. The molecule has 2 rings (SSSR count). The van der Waals surface area contributed by atoms with Gasteiger partial charge in [0.25, 0.3) is 0 Å². The van der Waals surface area contributed by atoms with Crippen LogP contribution in [0.1, 0.15) is 36.5 Å². The lowest BCUT2D eigenvalue weighted by atomic mass is 9.80. The fourth-order valence-electron chi connectivity index (χ4n) is 2.07. The average molecular weight is 322 g/mol. The standard InChI is InChI=1S/C12H13ClFNO4S/c1-12(3-2-4-12)15-20(18,19)7-5-8(11(16)17)10(13)9(14)6-7/h5-6,15H,2-4H2,1H3,(H,16,17). The number of carboxylic acids is 1. The average Bonchev–Trinajstić information content (AvgIpc) is 2.29. The molecule has 1 aliphatic carbocycles. The van der Waals surface area contributed by atoms with E-state index in [4.69, 9.17) is 16.7 Å². The van der Waals surface area contributed by atoms with E-state index in [0.29, 0.717) is 12.8 Å². The molecule has 1 saturated carbocycles. The summed E-state index contributed by atoms with van der Waals surface area (Å²) < 4.78 is 40.4. The topological polar surface area (TPSA) is 83.5 Å². The van der Waals surface area contributed by atoms with E-state index in [9.17, 15) is 17.6 Å². The molecule has 2 N–H and O–H groups in total. The molecule has 20 heavy (non-hydrogen) atoms. The minimum Gasteiger partial charge on any atom is -0.478 e. The molecule has 8 heteroatoms. The summed E-state index contributed by atoms with van der Waals surface area (Å²) in [7, 11) is -3.99. The Kier molecular flexibility index (Phi) is 3.79. The number of rotatable bonds is 4. The molecule has 0 amide bonds. The fraction of sp³-hybridized carbons (Fsp3) is 0.417. The highest BCUT2D eigenvalue weighted by Gasteiger charge is 2.36. The van der Waals surface area contributed by atoms with Gasteiger partial charge in [0.15, 0.2) is 0 Å². The largest absolute Gasteiger partial charge is 0.478 e. The Labute approximate surface area is 120 Å². The van der Waals surface area contributed by atoms with E-state index in [1.165, 1.54) is 0 Å². The van der Waals surface area contributed by atoms with Crippen LogP contribution in [-0.4, -0.2) is 25.0 Å². The highest BCUT2D eigenvalue weighted by molar-refractivity contribution is 7.89. The summed E-state index contributed by atoms with van der Waals surface area (Å²) >= 11 is 5.51. The van der Waals surface area contributed by atoms with Gasteiger partial charge in [-0.25, -0.2) is 22.3 Å². The van der Waals surface area contributed by atoms with Crippen molar-refractivity contribution in [3.05, 3.63) is 28.5 Å². The van der Waals surface area contributed by atoms with E-state index in [0.717, 1.165) is 18.6 Å². The molecule has 0 bridgehead atoms. The van der Waals surface area contributed by atoms with E-state index in [1.807, 2.05) is 0 Å². The zero-order valence-corrected chi connectivity index (χ0v) is 12.2. The second-order valence-electron chi connectivity index (χ2n) is 5.09. The fourth-order valence-corrected chi connectivity index (χ4v) is 3.76. The predicted octanol–water partition coefficient (Wildman–Crippen LogP) is 2.40. The molecule has 1 aromatic carbocycles. The van der Waals surface area contributed by atoms with Gasteiger partial charge < -0.3 is 5.11 Å². The van der Waals surface area contributed by atoms with Gasteiger partial charge in [-0.2, -0.15) is 0 Å². The Hall–Kier alpha value is -1.18. The van der Waals surface area contributed by atoms with Crippen LogP contribution >= 0.6 is 11.6 Å². The molecule has 1 aliphatic rings. The molecule has 0 aliphatic heterocycles. The van der Waals surface area contributed by atoms with Gasteiger partial charge in [0, 0.05) is 5.54 Å². The Morgan fingerprint density at radius 3 is 2.50 bits per heavy atom. The normalized spacial score (nSPS) is 17.6. The Morgan fingerprint density at radius 1 is 1.45 bits per heavy atom. The molecule has 0 aromatic heterocycles. The van der Waals surface area contributed by atoms with Gasteiger partial charge in [-0.15, -0.1) is 0 Å². The van der Waals surface area contributed by atoms with Crippen LogP contribution in [0.15, 0.2) is 17.0 Å². The second kappa shape index (κ2) is 4.98. The highest BCUT2D eigenvalue weighted by Crippen LogP contribution is 2.33. The third-order valence-electron chi connectivity index (χ3n) is 3.38. The Balaban J connectivity index is 2.44. The van der Waals surface area contributed by atoms with Crippen molar-refractivity contribution in [3.8, 4) is 0 Å². The number of aromatic carboxylic acids is 1. The van der Waals surface area contributed by atoms with Crippen LogP contribution in [0.2, 0.25) is 5.02 Å². The molecule has 1 aromatic rings. The number of halogens is 2. The summed E-state index contributed by atoms with van der Waals surface area (Å²) in [6, 6.07) is 1.58. The molecule has 0 saturated heterocycles. The van der Waals surface area contributed by atoms with Crippen molar-refractivity contribution >= 4 is 27.6 Å². The van der Waals surface area contributed by atoms with Crippen LogP contribution in [0.25, 0.3) is 0 Å². The smallest absolute Gasteiger partial charge is 0.337 e. The number of hydrogen-bond acceptors (Lipinski definition) is 3. The molecule has 0 spiro atoms. The van der Waals surface area contributed by atoms with E-state index in [1.54, 1.807) is 6.92 Å². The number of hydrogen-bond donors (Lipinski definition) is 2. The Bertz CT molecular complexity index is 670. The van der Waals surface area contributed by atoms with Crippen LogP contribution < -0.4 is 4.72 Å². The summed E-state index contributed by atoms with van der Waals surface area (Å²) in [6.07, 6.45) is 2.29. The van der Waals surface area contributed by atoms with Crippen molar-refractivity contribution in [2.24, 2.45) is 0 Å². The predicted molar refractivity (Wildman–Crippen MR) is 70.9 cm³/mol. The number of carbonyl (C=O) groups is 1. The summed E-state index contributed by atoms with van der Waals surface area (Å²) in [5.74, 6) is -2.56. The third kappa shape index (κ3) is 2.79. The lowest BCUT2D eigenvalue weighted by Gasteiger charge is -2.38. The van der Waals surface area contributed by atoms with Crippen molar-refractivity contribution in [1.82, 2.24) is 4.72 Å². The molecule has 0 unspecified atom stereocenters. The van der Waals surface area contributed by atoms with Gasteiger partial charge in [-0.05, 0) is 38.3 Å². The number of benzene rings is 1. The molecular weight excluding hydrogens is 309 g/mol. The van der Waals surface area contributed by atoms with Gasteiger partial charge >= 0.3 is 5.97 Å². The summed E-state index contributed by atoms with van der Waals surface area (Å²) in [5.41, 5.74) is -1.14. The first kappa shape index (κ1) is 15.2. The van der Waals surface area contributed by atoms with Crippen LogP contribution in [-0.2, 0) is 10.0 Å². The number of sulfonamides is 1. The van der Waals surface area contributed by atoms with E-state index in [-0.39, 0.29) is 0 Å². The van der Waals surface area contributed by atoms with Gasteiger partial charge in [-0.3, -0.25) is 0 Å². The summed E-state index contributed by atoms with van der Waals surface area (Å²) in [4.78, 5) is 10.5. The zero-order valence-electron chi connectivity index (χ0n) is 10.6. The summed E-state index contributed by atoms with van der Waals surface area (Å²) in [6.45, 7) is 1.75. The van der Waals surface area contributed by atoms with Gasteiger partial charge in [0.2, 0.25) is 10.0 Å². The summed E-state index contributed by atoms with van der Waals surface area (Å²) in [5, 5.41) is 8.30. The van der Waals surface area contributed by atoms with Crippen LogP contribution in [0, 0.1) is 5.82 Å². The lowest BCUT2D eigenvalue weighted by Crippen LogP contribution is -2.50. The minimum absolute atomic E-state index is 0.440. The lowest BCUT2D eigenvalue weighted by molar-refractivity contribution is 0.0696. The molecule has 110 valence electrons. The first-order chi connectivity index (χ1) is 9.15. The number of nitrogens with one attached hydrogen (secondary N) is 1. The van der Waals surface area contributed by atoms with Crippen molar-refractivity contribution in [1.29, 1.82) is 0 Å². The van der Waals surface area contributed by atoms with Crippen molar-refractivity contribution in [3.63, 3.8) is 0 Å². The van der Waals surface area contributed by atoms with Gasteiger partial charge in [0.05, 0.1) is 15.5 Å². The first-order valence-corrected chi connectivity index (χ1v) is 7.77. The van der Waals surface area contributed by atoms with Crippen LogP contribution in [0.3, 0.4) is 0 Å². The maximum atomic E-state index is 13.6. The van der Waals surface area contributed by atoms with Crippen molar-refractivity contribution in [2.75, 3.05) is 0 Å².